The number of rotatable bonds is 4. The highest BCUT2D eigenvalue weighted by Gasteiger charge is 2.56. The lowest BCUT2D eigenvalue weighted by atomic mass is 10.4. The standard InChI is InChI=1S/C26H24OSi2/c1-5-13-23(14-6-1)28(24-15-7-2-8-16-24)21-22-29(27-28,25-17-9-3-10-18-25)26-19-11-4-12-20-26/h1-20H,21-22H2. The summed E-state index contributed by atoms with van der Waals surface area (Å²) < 4.78 is 7.56. The van der Waals surface area contributed by atoms with Crippen LogP contribution < -0.4 is 20.7 Å². The molecule has 0 radical (unpaired) electrons. The summed E-state index contributed by atoms with van der Waals surface area (Å²) in [6.07, 6.45) is 0. The quantitative estimate of drug-likeness (QED) is 0.469. The van der Waals surface area contributed by atoms with Crippen LogP contribution in [0.15, 0.2) is 121 Å². The van der Waals surface area contributed by atoms with Crippen LogP contribution in [-0.2, 0) is 4.12 Å². The molecule has 0 unspecified atom stereocenters. The van der Waals surface area contributed by atoms with Gasteiger partial charge in [-0.05, 0) is 32.8 Å². The van der Waals surface area contributed by atoms with Gasteiger partial charge in [-0.15, -0.1) is 0 Å². The lowest BCUT2D eigenvalue weighted by Gasteiger charge is -2.34. The van der Waals surface area contributed by atoms with E-state index in [0.29, 0.717) is 0 Å². The van der Waals surface area contributed by atoms with E-state index in [1.165, 1.54) is 20.7 Å². The van der Waals surface area contributed by atoms with Crippen LogP contribution in [0.2, 0.25) is 12.1 Å². The number of hydrogen-bond acceptors (Lipinski definition) is 1. The maximum atomic E-state index is 7.56. The van der Waals surface area contributed by atoms with E-state index >= 15 is 0 Å². The Morgan fingerprint density at radius 3 is 0.862 bits per heavy atom. The first-order valence-electron chi connectivity index (χ1n) is 10.3. The summed E-state index contributed by atoms with van der Waals surface area (Å²) in [5.41, 5.74) is 0. The number of hydrogen-bond donors (Lipinski definition) is 0. The Bertz CT molecular complexity index is 899. The van der Waals surface area contributed by atoms with Gasteiger partial charge >= 0.3 is 0 Å². The van der Waals surface area contributed by atoms with Crippen molar-refractivity contribution < 1.29 is 4.12 Å². The average molecular weight is 409 g/mol. The van der Waals surface area contributed by atoms with Crippen LogP contribution in [0.3, 0.4) is 0 Å². The zero-order valence-corrected chi connectivity index (χ0v) is 18.4. The molecule has 1 heterocycles. The van der Waals surface area contributed by atoms with E-state index in [1.807, 2.05) is 0 Å². The fourth-order valence-electron chi connectivity index (χ4n) is 4.73. The Kier molecular flexibility index (Phi) is 4.80. The second-order valence-electron chi connectivity index (χ2n) is 7.72. The third-order valence-corrected chi connectivity index (χ3v) is 16.4. The van der Waals surface area contributed by atoms with Gasteiger partial charge in [0.25, 0.3) is 0 Å². The van der Waals surface area contributed by atoms with E-state index in [0.717, 1.165) is 12.1 Å². The molecule has 0 bridgehead atoms. The zero-order valence-electron chi connectivity index (χ0n) is 16.4. The van der Waals surface area contributed by atoms with Crippen LogP contribution in [0.1, 0.15) is 0 Å². The van der Waals surface area contributed by atoms with Gasteiger partial charge in [0.1, 0.15) is 0 Å². The molecular formula is C26H24OSi2. The fraction of sp³-hybridized carbons (Fsp3) is 0.0769. The topological polar surface area (TPSA) is 9.23 Å². The van der Waals surface area contributed by atoms with Crippen LogP contribution in [0.25, 0.3) is 0 Å². The zero-order chi connectivity index (χ0) is 19.6. The summed E-state index contributed by atoms with van der Waals surface area (Å²) in [4.78, 5) is 0. The van der Waals surface area contributed by atoms with E-state index < -0.39 is 16.6 Å². The molecule has 0 amide bonds. The fourth-order valence-corrected chi connectivity index (χ4v) is 17.4. The highest BCUT2D eigenvalue weighted by Crippen LogP contribution is 2.33. The SMILES string of the molecule is c1ccc([Si]2(c3ccccc3)CC[Si](c3ccccc3)(c3ccccc3)O2)cc1. The maximum absolute atomic E-state index is 7.56. The van der Waals surface area contributed by atoms with Crippen molar-refractivity contribution in [2.24, 2.45) is 0 Å². The van der Waals surface area contributed by atoms with Gasteiger partial charge in [0, 0.05) is 0 Å². The van der Waals surface area contributed by atoms with Gasteiger partial charge in [0.15, 0.2) is 0 Å². The van der Waals surface area contributed by atoms with Crippen LogP contribution in [-0.4, -0.2) is 16.6 Å². The molecule has 0 N–H and O–H groups in total. The molecule has 1 aliphatic heterocycles. The molecule has 4 aromatic rings. The molecule has 0 atom stereocenters. The molecule has 29 heavy (non-hydrogen) atoms. The van der Waals surface area contributed by atoms with Crippen LogP contribution in [0.4, 0.5) is 0 Å². The number of benzene rings is 4. The first-order valence-corrected chi connectivity index (χ1v) is 14.5. The molecule has 0 saturated carbocycles. The lowest BCUT2D eigenvalue weighted by Crippen LogP contribution is -2.66. The molecule has 3 heteroatoms. The average Bonchev–Trinajstić information content (AvgIpc) is 3.25. The van der Waals surface area contributed by atoms with Crippen LogP contribution in [0.5, 0.6) is 0 Å². The molecule has 0 aromatic heterocycles. The molecule has 4 aromatic carbocycles. The largest absolute Gasteiger partial charge is 0.442 e. The summed E-state index contributed by atoms with van der Waals surface area (Å²) in [7, 11) is -4.65. The minimum Gasteiger partial charge on any atom is -0.442 e. The third-order valence-electron chi connectivity index (χ3n) is 6.14. The van der Waals surface area contributed by atoms with Crippen molar-refractivity contribution in [1.82, 2.24) is 0 Å². The Labute approximate surface area is 174 Å². The Morgan fingerprint density at radius 2 is 0.621 bits per heavy atom. The lowest BCUT2D eigenvalue weighted by molar-refractivity contribution is 0.602. The van der Waals surface area contributed by atoms with Gasteiger partial charge in [0.05, 0.1) is 0 Å². The van der Waals surface area contributed by atoms with Crippen molar-refractivity contribution in [3.05, 3.63) is 121 Å². The molecular weight excluding hydrogens is 384 g/mol. The smallest absolute Gasteiger partial charge is 0.245 e. The maximum Gasteiger partial charge on any atom is 0.245 e. The highest BCUT2D eigenvalue weighted by molar-refractivity contribution is 7.12. The summed E-state index contributed by atoms with van der Waals surface area (Å²) in [6, 6.07) is 46.1. The van der Waals surface area contributed by atoms with Gasteiger partial charge in [-0.25, -0.2) is 0 Å². The molecule has 1 saturated heterocycles. The van der Waals surface area contributed by atoms with E-state index in [2.05, 4.69) is 121 Å². The van der Waals surface area contributed by atoms with E-state index in [-0.39, 0.29) is 0 Å². The Hall–Kier alpha value is -2.73. The molecule has 0 spiro atoms. The molecule has 1 aliphatic rings. The first-order chi connectivity index (χ1) is 14.3. The van der Waals surface area contributed by atoms with Crippen molar-refractivity contribution in [1.29, 1.82) is 0 Å². The van der Waals surface area contributed by atoms with E-state index in [4.69, 9.17) is 4.12 Å². The molecule has 1 nitrogen and oxygen atoms in total. The van der Waals surface area contributed by atoms with Gasteiger partial charge in [-0.3, -0.25) is 0 Å². The van der Waals surface area contributed by atoms with Crippen molar-refractivity contribution in [3.8, 4) is 0 Å². The van der Waals surface area contributed by atoms with Crippen LogP contribution in [0, 0.1) is 0 Å². The van der Waals surface area contributed by atoms with Crippen molar-refractivity contribution >= 4 is 37.4 Å². The normalized spacial score (nSPS) is 17.1. The highest BCUT2D eigenvalue weighted by atomic mass is 28.4. The Morgan fingerprint density at radius 1 is 0.379 bits per heavy atom. The Balaban J connectivity index is 1.72. The van der Waals surface area contributed by atoms with E-state index in [9.17, 15) is 0 Å². The monoisotopic (exact) mass is 408 g/mol. The minimum atomic E-state index is -2.32. The summed E-state index contributed by atoms with van der Waals surface area (Å²) in [5, 5.41) is 5.53. The minimum absolute atomic E-state index is 1.12. The van der Waals surface area contributed by atoms with Gasteiger partial charge in [-0.2, -0.15) is 0 Å². The summed E-state index contributed by atoms with van der Waals surface area (Å²) in [5.74, 6) is 0. The van der Waals surface area contributed by atoms with Gasteiger partial charge in [-0.1, -0.05) is 121 Å². The predicted octanol–water partition coefficient (Wildman–Crippen LogP) is 3.54. The van der Waals surface area contributed by atoms with Crippen molar-refractivity contribution in [2.75, 3.05) is 0 Å². The van der Waals surface area contributed by atoms with Gasteiger partial charge in [0.2, 0.25) is 16.6 Å². The predicted molar refractivity (Wildman–Crippen MR) is 127 cm³/mol. The summed E-state index contributed by atoms with van der Waals surface area (Å²) in [6.45, 7) is 0. The van der Waals surface area contributed by atoms with E-state index in [1.54, 1.807) is 0 Å². The van der Waals surface area contributed by atoms with Crippen LogP contribution >= 0.6 is 0 Å². The molecule has 1 fully saturated rings. The van der Waals surface area contributed by atoms with Crippen molar-refractivity contribution in [2.45, 2.75) is 12.1 Å². The first kappa shape index (κ1) is 18.3. The summed E-state index contributed by atoms with van der Waals surface area (Å²) >= 11 is 0. The molecule has 142 valence electrons. The third kappa shape index (κ3) is 3.12. The van der Waals surface area contributed by atoms with Crippen molar-refractivity contribution in [3.63, 3.8) is 0 Å². The second-order valence-corrected chi connectivity index (χ2v) is 15.2. The molecule has 0 aliphatic carbocycles. The van der Waals surface area contributed by atoms with Gasteiger partial charge < -0.3 is 4.12 Å². The molecule has 5 rings (SSSR count). The second kappa shape index (κ2) is 7.60.